The summed E-state index contributed by atoms with van der Waals surface area (Å²) in [5.41, 5.74) is 0.611. The Kier molecular flexibility index (Phi) is 3.56. The number of carbonyl (C=O) groups is 2. The van der Waals surface area contributed by atoms with E-state index >= 15 is 0 Å². The van der Waals surface area contributed by atoms with Gasteiger partial charge < -0.3 is 9.47 Å². The predicted octanol–water partition coefficient (Wildman–Crippen LogP) is 1.12. The average Bonchev–Trinajstić information content (AvgIpc) is 2.71. The highest BCUT2D eigenvalue weighted by atomic mass is 16.6. The number of aromatic nitrogens is 3. The fraction of sp³-hybridized carbons (Fsp3) is 0.167. The number of hydrogen-bond donors (Lipinski definition) is 0. The summed E-state index contributed by atoms with van der Waals surface area (Å²) < 4.78 is 11.2. The molecule has 2 aromatic rings. The van der Waals surface area contributed by atoms with E-state index in [1.807, 2.05) is 6.07 Å². The molecule has 0 aliphatic rings. The summed E-state index contributed by atoms with van der Waals surface area (Å²) in [5.74, 6) is -1.09. The third-order valence-corrected chi connectivity index (χ3v) is 2.09. The third-order valence-electron chi connectivity index (χ3n) is 2.09. The smallest absolute Gasteiger partial charge is 0.332 e. The summed E-state index contributed by atoms with van der Waals surface area (Å²) >= 11 is 0. The summed E-state index contributed by atoms with van der Waals surface area (Å²) in [6, 6.07) is 8.75. The van der Waals surface area contributed by atoms with Gasteiger partial charge in [0, 0.05) is 13.8 Å². The number of para-hydroxylation sites is 1. The summed E-state index contributed by atoms with van der Waals surface area (Å²) in [6.07, 6.45) is 0. The van der Waals surface area contributed by atoms with Gasteiger partial charge in [-0.2, -0.15) is 0 Å². The first-order chi connectivity index (χ1) is 9.08. The van der Waals surface area contributed by atoms with Crippen LogP contribution in [0.1, 0.15) is 13.8 Å². The van der Waals surface area contributed by atoms with Gasteiger partial charge >= 0.3 is 24.0 Å². The maximum atomic E-state index is 11.0. The van der Waals surface area contributed by atoms with Gasteiger partial charge in [0.1, 0.15) is 0 Å². The molecule has 7 heteroatoms. The molecule has 0 bridgehead atoms. The second kappa shape index (κ2) is 5.30. The van der Waals surface area contributed by atoms with E-state index in [0.717, 1.165) is 0 Å². The fourth-order valence-electron chi connectivity index (χ4n) is 1.44. The number of rotatable bonds is 3. The number of hydrogen-bond acceptors (Lipinski definition) is 6. The van der Waals surface area contributed by atoms with Crippen LogP contribution >= 0.6 is 0 Å². The molecule has 1 aromatic heterocycles. The standard InChI is InChI=1S/C12H11N3O4/c1-8(16)18-11-13-14-12(19-9(2)17)15(11)10-6-4-3-5-7-10/h3-7H,1-2H3. The lowest BCUT2D eigenvalue weighted by Crippen LogP contribution is -2.10. The van der Waals surface area contributed by atoms with Crippen LogP contribution < -0.4 is 9.47 Å². The van der Waals surface area contributed by atoms with Gasteiger partial charge in [0.25, 0.3) is 0 Å². The third kappa shape index (κ3) is 2.95. The van der Waals surface area contributed by atoms with Crippen LogP contribution in [0.5, 0.6) is 12.0 Å². The molecule has 1 aromatic carbocycles. The van der Waals surface area contributed by atoms with Crippen LogP contribution in [-0.2, 0) is 9.59 Å². The minimum atomic E-state index is -0.543. The van der Waals surface area contributed by atoms with E-state index in [-0.39, 0.29) is 12.0 Å². The minimum absolute atomic E-state index is 0.0602. The molecular weight excluding hydrogens is 250 g/mol. The molecule has 0 amide bonds. The van der Waals surface area contributed by atoms with Gasteiger partial charge in [-0.05, 0) is 12.1 Å². The molecule has 19 heavy (non-hydrogen) atoms. The van der Waals surface area contributed by atoms with E-state index in [9.17, 15) is 9.59 Å². The molecule has 0 spiro atoms. The number of nitrogens with zero attached hydrogens (tertiary/aromatic N) is 3. The van der Waals surface area contributed by atoms with Crippen molar-refractivity contribution >= 4 is 11.9 Å². The van der Waals surface area contributed by atoms with E-state index in [1.165, 1.54) is 18.4 Å². The molecule has 0 aliphatic carbocycles. The van der Waals surface area contributed by atoms with Crippen LogP contribution in [0.3, 0.4) is 0 Å². The van der Waals surface area contributed by atoms with Crippen LogP contribution in [0, 0.1) is 0 Å². The van der Waals surface area contributed by atoms with Crippen molar-refractivity contribution in [2.75, 3.05) is 0 Å². The zero-order chi connectivity index (χ0) is 13.8. The number of benzene rings is 1. The lowest BCUT2D eigenvalue weighted by molar-refractivity contribution is -0.132. The summed E-state index contributed by atoms with van der Waals surface area (Å²) in [5, 5.41) is 7.36. The molecule has 7 nitrogen and oxygen atoms in total. The van der Waals surface area contributed by atoms with Crippen molar-refractivity contribution < 1.29 is 19.1 Å². The molecule has 0 unspecified atom stereocenters. The van der Waals surface area contributed by atoms with E-state index in [4.69, 9.17) is 9.47 Å². The maximum absolute atomic E-state index is 11.0. The van der Waals surface area contributed by atoms with E-state index in [0.29, 0.717) is 5.69 Å². The Bertz CT molecular complexity index is 573. The molecule has 1 heterocycles. The predicted molar refractivity (Wildman–Crippen MR) is 64.0 cm³/mol. The fourth-order valence-corrected chi connectivity index (χ4v) is 1.44. The van der Waals surface area contributed by atoms with Crippen molar-refractivity contribution in [1.82, 2.24) is 14.8 Å². The Morgan fingerprint density at radius 1 is 0.947 bits per heavy atom. The highest BCUT2D eigenvalue weighted by molar-refractivity contribution is 5.69. The van der Waals surface area contributed by atoms with E-state index < -0.39 is 11.9 Å². The second-order valence-electron chi connectivity index (χ2n) is 3.62. The molecule has 98 valence electrons. The summed E-state index contributed by atoms with van der Waals surface area (Å²) in [6.45, 7) is 2.49. The minimum Gasteiger partial charge on any atom is -0.391 e. The van der Waals surface area contributed by atoms with Crippen molar-refractivity contribution in [3.63, 3.8) is 0 Å². The highest BCUT2D eigenvalue weighted by Crippen LogP contribution is 2.23. The van der Waals surface area contributed by atoms with Crippen molar-refractivity contribution in [3.05, 3.63) is 30.3 Å². The molecule has 0 aliphatic heterocycles. The maximum Gasteiger partial charge on any atom is 0.332 e. The first-order valence-electron chi connectivity index (χ1n) is 5.45. The van der Waals surface area contributed by atoms with E-state index in [1.54, 1.807) is 24.3 Å². The van der Waals surface area contributed by atoms with Gasteiger partial charge in [0.05, 0.1) is 5.69 Å². The lowest BCUT2D eigenvalue weighted by Gasteiger charge is -2.07. The van der Waals surface area contributed by atoms with Crippen LogP contribution in [0.25, 0.3) is 5.69 Å². The normalized spacial score (nSPS) is 10.0. The first-order valence-corrected chi connectivity index (χ1v) is 5.45. The van der Waals surface area contributed by atoms with Gasteiger partial charge in [-0.25, -0.2) is 4.57 Å². The molecular formula is C12H11N3O4. The SMILES string of the molecule is CC(=O)Oc1nnc(OC(C)=O)n1-c1ccccc1. The summed E-state index contributed by atoms with van der Waals surface area (Å²) in [7, 11) is 0. The van der Waals surface area contributed by atoms with Crippen LogP contribution in [0.4, 0.5) is 0 Å². The van der Waals surface area contributed by atoms with Crippen LogP contribution in [0.15, 0.2) is 30.3 Å². The van der Waals surface area contributed by atoms with Crippen molar-refractivity contribution in [3.8, 4) is 17.7 Å². The number of ether oxygens (including phenoxy) is 2. The molecule has 0 fully saturated rings. The molecule has 0 N–H and O–H groups in total. The molecule has 0 radical (unpaired) electrons. The number of carbonyl (C=O) groups excluding carboxylic acids is 2. The quantitative estimate of drug-likeness (QED) is 0.770. The lowest BCUT2D eigenvalue weighted by atomic mass is 10.3. The Labute approximate surface area is 108 Å². The highest BCUT2D eigenvalue weighted by Gasteiger charge is 2.18. The molecule has 2 rings (SSSR count). The van der Waals surface area contributed by atoms with E-state index in [2.05, 4.69) is 10.2 Å². The van der Waals surface area contributed by atoms with Gasteiger partial charge in [-0.3, -0.25) is 9.59 Å². The zero-order valence-corrected chi connectivity index (χ0v) is 10.4. The second-order valence-corrected chi connectivity index (χ2v) is 3.62. The van der Waals surface area contributed by atoms with Crippen LogP contribution in [-0.4, -0.2) is 26.7 Å². The molecule has 0 saturated carbocycles. The average molecular weight is 261 g/mol. The van der Waals surface area contributed by atoms with Crippen molar-refractivity contribution in [1.29, 1.82) is 0 Å². The topological polar surface area (TPSA) is 83.3 Å². The number of esters is 2. The van der Waals surface area contributed by atoms with Crippen molar-refractivity contribution in [2.24, 2.45) is 0 Å². The summed E-state index contributed by atoms with van der Waals surface area (Å²) in [4.78, 5) is 22.0. The Morgan fingerprint density at radius 3 is 1.84 bits per heavy atom. The van der Waals surface area contributed by atoms with Gasteiger partial charge in [-0.1, -0.05) is 28.4 Å². The molecule has 0 atom stereocenters. The van der Waals surface area contributed by atoms with Gasteiger partial charge in [0.2, 0.25) is 0 Å². The molecule has 0 saturated heterocycles. The first kappa shape index (κ1) is 12.7. The Hall–Kier alpha value is -2.70. The van der Waals surface area contributed by atoms with Crippen LogP contribution in [0.2, 0.25) is 0 Å². The Morgan fingerprint density at radius 2 is 1.42 bits per heavy atom. The van der Waals surface area contributed by atoms with Gasteiger partial charge in [0.15, 0.2) is 0 Å². The Balaban J connectivity index is 2.49. The largest absolute Gasteiger partial charge is 0.391 e. The van der Waals surface area contributed by atoms with Crippen molar-refractivity contribution in [2.45, 2.75) is 13.8 Å². The monoisotopic (exact) mass is 261 g/mol. The zero-order valence-electron chi connectivity index (χ0n) is 10.4. The van der Waals surface area contributed by atoms with Gasteiger partial charge in [-0.15, -0.1) is 0 Å².